The van der Waals surface area contributed by atoms with Gasteiger partial charge < -0.3 is 20.8 Å². The molecule has 160 valence electrons. The lowest BCUT2D eigenvalue weighted by Crippen LogP contribution is -2.55. The zero-order valence-electron chi connectivity index (χ0n) is 17.3. The number of nitrogens with one attached hydrogen (secondary N) is 2. The van der Waals surface area contributed by atoms with Crippen molar-refractivity contribution in [2.24, 2.45) is 0 Å². The molecule has 3 atom stereocenters. The topological polar surface area (TPSA) is 81.6 Å². The summed E-state index contributed by atoms with van der Waals surface area (Å²) in [5, 5.41) is 28.2. The Labute approximate surface area is 182 Å². The molecular weight excluding hydrogens is 388 g/mol. The summed E-state index contributed by atoms with van der Waals surface area (Å²) in [6.45, 7) is 0.392. The van der Waals surface area contributed by atoms with Gasteiger partial charge in [-0.05, 0) is 29.5 Å². The zero-order chi connectivity index (χ0) is 21.7. The lowest BCUT2D eigenvalue weighted by Gasteiger charge is -2.38. The largest absolute Gasteiger partial charge is 0.392 e. The van der Waals surface area contributed by atoms with Gasteiger partial charge in [0.25, 0.3) is 0 Å². The number of hydrogen-bond acceptors (Lipinski definition) is 4. The molecule has 3 aromatic rings. The molecule has 5 nitrogen and oxygen atoms in total. The number of carbonyl (C=O) groups is 1. The van der Waals surface area contributed by atoms with E-state index >= 15 is 0 Å². The van der Waals surface area contributed by atoms with Crippen LogP contribution in [0.3, 0.4) is 0 Å². The van der Waals surface area contributed by atoms with Gasteiger partial charge in [0, 0.05) is 6.54 Å². The number of hydrogen-bond donors (Lipinski definition) is 4. The summed E-state index contributed by atoms with van der Waals surface area (Å²) < 4.78 is 0. The highest BCUT2D eigenvalue weighted by molar-refractivity contribution is 5.82. The lowest BCUT2D eigenvalue weighted by molar-refractivity contribution is -0.125. The summed E-state index contributed by atoms with van der Waals surface area (Å²) in [7, 11) is 0. The first-order valence-electron chi connectivity index (χ1n) is 10.7. The van der Waals surface area contributed by atoms with Gasteiger partial charge in [-0.15, -0.1) is 0 Å². The molecule has 1 heterocycles. The fourth-order valence-corrected chi connectivity index (χ4v) is 4.30. The molecular formula is C26H28N2O3. The second-order valence-electron chi connectivity index (χ2n) is 8.10. The van der Waals surface area contributed by atoms with Crippen LogP contribution < -0.4 is 10.6 Å². The van der Waals surface area contributed by atoms with Crippen LogP contribution in [0.1, 0.15) is 23.1 Å². The molecule has 5 heteroatoms. The second-order valence-corrected chi connectivity index (χ2v) is 8.10. The average Bonchev–Trinajstić information content (AvgIpc) is 3.26. The highest BCUT2D eigenvalue weighted by Gasteiger charge is 2.42. The molecule has 31 heavy (non-hydrogen) atoms. The monoisotopic (exact) mass is 416 g/mol. The first-order chi connectivity index (χ1) is 15.1. The first kappa shape index (κ1) is 21.2. The van der Waals surface area contributed by atoms with Crippen molar-refractivity contribution in [2.45, 2.75) is 36.6 Å². The van der Waals surface area contributed by atoms with E-state index in [4.69, 9.17) is 0 Å². The fourth-order valence-electron chi connectivity index (χ4n) is 4.30. The third-order valence-corrected chi connectivity index (χ3v) is 5.96. The van der Waals surface area contributed by atoms with Crippen molar-refractivity contribution < 1.29 is 15.0 Å². The number of β-amino-alcohol motifs (C(OH)–C–C–N with tert-alkyl or cyclic N) is 1. The van der Waals surface area contributed by atoms with E-state index in [0.29, 0.717) is 30.5 Å². The first-order valence-corrected chi connectivity index (χ1v) is 10.7. The van der Waals surface area contributed by atoms with Gasteiger partial charge >= 0.3 is 0 Å². The Kier molecular flexibility index (Phi) is 6.47. The molecule has 1 aliphatic rings. The van der Waals surface area contributed by atoms with E-state index in [-0.39, 0.29) is 5.91 Å². The third-order valence-electron chi connectivity index (χ3n) is 5.96. The maximum absolute atomic E-state index is 13.1. The summed E-state index contributed by atoms with van der Waals surface area (Å²) in [5.41, 5.74) is 0.992. The Morgan fingerprint density at radius 1 is 0.935 bits per heavy atom. The van der Waals surface area contributed by atoms with Crippen molar-refractivity contribution >= 4 is 5.91 Å². The van der Waals surface area contributed by atoms with E-state index in [1.165, 1.54) is 0 Å². The molecule has 1 amide bonds. The molecule has 1 aliphatic heterocycles. The summed E-state index contributed by atoms with van der Waals surface area (Å²) in [6.07, 6.45) is 0.270. The summed E-state index contributed by atoms with van der Waals surface area (Å²) >= 11 is 0. The van der Waals surface area contributed by atoms with Crippen molar-refractivity contribution in [1.82, 2.24) is 10.6 Å². The molecule has 1 saturated heterocycles. The maximum Gasteiger partial charge on any atom is 0.237 e. The minimum Gasteiger partial charge on any atom is -0.392 e. The molecule has 0 spiro atoms. The van der Waals surface area contributed by atoms with Gasteiger partial charge in [-0.3, -0.25) is 4.79 Å². The number of benzene rings is 3. The van der Waals surface area contributed by atoms with Crippen LogP contribution in [-0.4, -0.2) is 40.9 Å². The van der Waals surface area contributed by atoms with Gasteiger partial charge in [-0.2, -0.15) is 0 Å². The molecule has 4 N–H and O–H groups in total. The Hall–Kier alpha value is -2.99. The number of carbonyl (C=O) groups excluding carboxylic acids is 1. The lowest BCUT2D eigenvalue weighted by atomic mass is 9.77. The van der Waals surface area contributed by atoms with Crippen molar-refractivity contribution in [3.8, 4) is 0 Å². The van der Waals surface area contributed by atoms with E-state index in [2.05, 4.69) is 10.6 Å². The van der Waals surface area contributed by atoms with Gasteiger partial charge in [0.1, 0.15) is 5.60 Å². The Bertz CT molecular complexity index is 940. The number of amides is 1. The Morgan fingerprint density at radius 2 is 1.45 bits per heavy atom. The van der Waals surface area contributed by atoms with Crippen LogP contribution in [0.2, 0.25) is 0 Å². The van der Waals surface area contributed by atoms with E-state index in [0.717, 1.165) is 5.56 Å². The molecule has 0 bridgehead atoms. The van der Waals surface area contributed by atoms with E-state index < -0.39 is 23.8 Å². The Balaban J connectivity index is 1.75. The zero-order valence-corrected chi connectivity index (χ0v) is 17.3. The molecule has 0 unspecified atom stereocenters. The Morgan fingerprint density at radius 3 is 1.94 bits per heavy atom. The summed E-state index contributed by atoms with van der Waals surface area (Å²) in [6, 6.07) is 27.6. The quantitative estimate of drug-likeness (QED) is 0.477. The van der Waals surface area contributed by atoms with Crippen LogP contribution in [0.4, 0.5) is 0 Å². The van der Waals surface area contributed by atoms with Gasteiger partial charge in [0.15, 0.2) is 0 Å². The highest BCUT2D eigenvalue weighted by Crippen LogP contribution is 2.35. The van der Waals surface area contributed by atoms with Gasteiger partial charge in [0.2, 0.25) is 5.91 Å². The van der Waals surface area contributed by atoms with E-state index in [1.807, 2.05) is 91.0 Å². The van der Waals surface area contributed by atoms with Gasteiger partial charge in [0.05, 0.1) is 18.2 Å². The number of rotatable bonds is 7. The normalized spacial score (nSPS) is 19.7. The SMILES string of the molecule is O=C(N[C@@H](Cc1ccccc1)C(O)(c1ccccc1)c1ccccc1)[C@H]1C[C@H](O)CN1. The summed E-state index contributed by atoms with van der Waals surface area (Å²) in [4.78, 5) is 13.1. The van der Waals surface area contributed by atoms with Crippen LogP contribution in [0.15, 0.2) is 91.0 Å². The number of aliphatic hydroxyl groups excluding tert-OH is 1. The van der Waals surface area contributed by atoms with Crippen LogP contribution in [0, 0.1) is 0 Å². The standard InChI is InChI=1S/C26H28N2O3/c29-22-17-23(27-18-22)25(30)28-24(16-19-10-4-1-5-11-19)26(31,20-12-6-2-7-13-20)21-14-8-3-9-15-21/h1-15,22-24,27,29,31H,16-18H2,(H,28,30)/t22-,23+,24-/m0/s1. The molecule has 4 rings (SSSR count). The van der Waals surface area contributed by atoms with Crippen LogP contribution in [0.25, 0.3) is 0 Å². The molecule has 0 saturated carbocycles. The molecule has 3 aromatic carbocycles. The molecule has 0 aliphatic carbocycles. The van der Waals surface area contributed by atoms with Gasteiger partial charge in [-0.25, -0.2) is 0 Å². The molecule has 0 radical (unpaired) electrons. The predicted molar refractivity (Wildman–Crippen MR) is 120 cm³/mol. The van der Waals surface area contributed by atoms with Crippen molar-refractivity contribution in [2.75, 3.05) is 6.54 Å². The second kappa shape index (κ2) is 9.43. The molecule has 1 fully saturated rings. The van der Waals surface area contributed by atoms with Crippen LogP contribution in [0.5, 0.6) is 0 Å². The van der Waals surface area contributed by atoms with Crippen molar-refractivity contribution in [3.63, 3.8) is 0 Å². The average molecular weight is 417 g/mol. The van der Waals surface area contributed by atoms with Crippen molar-refractivity contribution in [3.05, 3.63) is 108 Å². The van der Waals surface area contributed by atoms with Gasteiger partial charge in [-0.1, -0.05) is 91.0 Å². The summed E-state index contributed by atoms with van der Waals surface area (Å²) in [5.74, 6) is -0.220. The van der Waals surface area contributed by atoms with Crippen molar-refractivity contribution in [1.29, 1.82) is 0 Å². The van der Waals surface area contributed by atoms with E-state index in [9.17, 15) is 15.0 Å². The predicted octanol–water partition coefficient (Wildman–Crippen LogP) is 2.37. The highest BCUT2D eigenvalue weighted by atomic mass is 16.3. The minimum absolute atomic E-state index is 0.220. The minimum atomic E-state index is -1.44. The van der Waals surface area contributed by atoms with Crippen LogP contribution >= 0.6 is 0 Å². The van der Waals surface area contributed by atoms with Crippen LogP contribution in [-0.2, 0) is 16.8 Å². The smallest absolute Gasteiger partial charge is 0.237 e. The maximum atomic E-state index is 13.1. The molecule has 0 aromatic heterocycles. The van der Waals surface area contributed by atoms with E-state index in [1.54, 1.807) is 0 Å². The third kappa shape index (κ3) is 4.69. The number of aliphatic hydroxyl groups is 2. The fraction of sp³-hybridized carbons (Fsp3) is 0.269.